The first-order valence-electron chi connectivity index (χ1n) is 3.47. The monoisotopic (exact) mass is 266 g/mol. The summed E-state index contributed by atoms with van der Waals surface area (Å²) < 4.78 is 2.70. The number of hydrogen-bond donors (Lipinski definition) is 2. The van der Waals surface area contributed by atoms with Gasteiger partial charge in [-0.15, -0.1) is 11.3 Å². The van der Waals surface area contributed by atoms with Crippen molar-refractivity contribution in [3.8, 4) is 11.4 Å². The number of nitrogens with two attached hydrogens (primary N) is 1. The lowest BCUT2D eigenvalue weighted by atomic mass is 10.3. The van der Waals surface area contributed by atoms with Crippen LogP contribution in [0.2, 0.25) is 8.67 Å². The number of thiophene rings is 1. The fraction of sp³-hybridized carbons (Fsp3) is 0. The van der Waals surface area contributed by atoms with Crippen LogP contribution in [0.1, 0.15) is 0 Å². The number of rotatable bonds is 1. The fourth-order valence-corrected chi connectivity index (χ4v) is 2.58. The molecule has 0 bridgehead atoms. The average Bonchev–Trinajstić information content (AvgIpc) is 2.59. The van der Waals surface area contributed by atoms with Gasteiger partial charge in [-0.3, -0.25) is 0 Å². The Kier molecular flexibility index (Phi) is 2.52. The first kappa shape index (κ1) is 9.97. The van der Waals surface area contributed by atoms with E-state index in [1.54, 1.807) is 6.07 Å². The molecule has 0 saturated carbocycles. The minimum atomic E-state index is 0.332. The van der Waals surface area contributed by atoms with Crippen molar-refractivity contribution in [1.29, 1.82) is 0 Å². The van der Waals surface area contributed by atoms with Gasteiger partial charge in [-0.25, -0.2) is 9.77 Å². The Balaban J connectivity index is 2.65. The van der Waals surface area contributed by atoms with Crippen LogP contribution in [-0.4, -0.2) is 14.9 Å². The molecule has 3 N–H and O–H groups in total. The molecule has 0 saturated heterocycles. The quantitative estimate of drug-likeness (QED) is 0.617. The van der Waals surface area contributed by atoms with Gasteiger partial charge in [0.2, 0.25) is 4.77 Å². The molecule has 4 nitrogen and oxygen atoms in total. The highest BCUT2D eigenvalue weighted by Gasteiger charge is 2.13. The third-order valence-electron chi connectivity index (χ3n) is 1.60. The Morgan fingerprint density at radius 1 is 1.57 bits per heavy atom. The van der Waals surface area contributed by atoms with Gasteiger partial charge in [-0.05, 0) is 18.3 Å². The molecule has 2 rings (SSSR count). The maximum Gasteiger partial charge on any atom is 0.214 e. The van der Waals surface area contributed by atoms with Gasteiger partial charge in [-0.1, -0.05) is 23.2 Å². The third-order valence-corrected chi connectivity index (χ3v) is 3.38. The smallest absolute Gasteiger partial charge is 0.214 e. The molecule has 0 aromatic carbocycles. The number of hydrogen-bond acceptors (Lipinski definition) is 4. The molecule has 2 aromatic heterocycles. The Morgan fingerprint density at radius 3 is 2.71 bits per heavy atom. The van der Waals surface area contributed by atoms with Crippen molar-refractivity contribution in [1.82, 2.24) is 14.9 Å². The van der Waals surface area contributed by atoms with E-state index in [0.29, 0.717) is 24.8 Å². The van der Waals surface area contributed by atoms with Crippen LogP contribution in [0.4, 0.5) is 0 Å². The Hall–Kier alpha value is -0.560. The number of nitrogens with zero attached hydrogens (tertiary/aromatic N) is 2. The van der Waals surface area contributed by atoms with Gasteiger partial charge in [0.25, 0.3) is 0 Å². The SMILES string of the molecule is Nn1c(-c2cc(Cl)sc2Cl)n[nH]c1=S. The van der Waals surface area contributed by atoms with Crippen LogP contribution in [0.15, 0.2) is 6.07 Å². The minimum absolute atomic E-state index is 0.332. The van der Waals surface area contributed by atoms with Crippen molar-refractivity contribution in [2.75, 3.05) is 5.84 Å². The summed E-state index contributed by atoms with van der Waals surface area (Å²) in [6.45, 7) is 0. The highest BCUT2D eigenvalue weighted by molar-refractivity contribution is 7.71. The summed E-state index contributed by atoms with van der Waals surface area (Å²) in [5.74, 6) is 6.11. The molecule has 2 heterocycles. The lowest BCUT2D eigenvalue weighted by Gasteiger charge is -1.96. The molecular weight excluding hydrogens is 263 g/mol. The molecule has 8 heteroatoms. The predicted octanol–water partition coefficient (Wildman–Crippen LogP) is 2.69. The number of nitrogens with one attached hydrogen (secondary N) is 1. The Labute approximate surface area is 98.2 Å². The van der Waals surface area contributed by atoms with Crippen LogP contribution in [-0.2, 0) is 0 Å². The summed E-state index contributed by atoms with van der Waals surface area (Å²) in [5.41, 5.74) is 0.677. The molecule has 0 aliphatic rings. The summed E-state index contributed by atoms with van der Waals surface area (Å²) in [4.78, 5) is 0. The zero-order chi connectivity index (χ0) is 10.3. The number of aromatic nitrogens is 3. The predicted molar refractivity (Wildman–Crippen MR) is 60.9 cm³/mol. The molecule has 0 spiro atoms. The molecule has 0 aliphatic carbocycles. The fourth-order valence-electron chi connectivity index (χ4n) is 0.987. The van der Waals surface area contributed by atoms with E-state index in [4.69, 9.17) is 41.3 Å². The molecule has 0 fully saturated rings. The summed E-state index contributed by atoms with van der Waals surface area (Å²) in [6, 6.07) is 1.70. The van der Waals surface area contributed by atoms with Crippen LogP contribution in [0.25, 0.3) is 11.4 Å². The normalized spacial score (nSPS) is 10.7. The van der Waals surface area contributed by atoms with E-state index in [1.807, 2.05) is 0 Å². The van der Waals surface area contributed by atoms with Crippen molar-refractivity contribution >= 4 is 46.8 Å². The summed E-state index contributed by atoms with van der Waals surface area (Å²) in [7, 11) is 0. The molecule has 0 unspecified atom stereocenters. The molecular formula is C6H4Cl2N4S2. The van der Waals surface area contributed by atoms with Crippen molar-refractivity contribution in [2.45, 2.75) is 0 Å². The largest absolute Gasteiger partial charge is 0.335 e. The zero-order valence-electron chi connectivity index (χ0n) is 6.62. The topological polar surface area (TPSA) is 59.6 Å². The Bertz CT molecular complexity index is 526. The lowest BCUT2D eigenvalue weighted by molar-refractivity contribution is 0.985. The number of nitrogen functional groups attached to an aromatic ring is 1. The van der Waals surface area contributed by atoms with Crippen molar-refractivity contribution in [3.05, 3.63) is 19.5 Å². The van der Waals surface area contributed by atoms with E-state index < -0.39 is 0 Å². The molecule has 0 aliphatic heterocycles. The average molecular weight is 267 g/mol. The van der Waals surface area contributed by atoms with Crippen LogP contribution >= 0.6 is 46.8 Å². The van der Waals surface area contributed by atoms with E-state index in [9.17, 15) is 0 Å². The standard InChI is InChI=1S/C6H4Cl2N4S2/c7-3-1-2(4(8)14-3)5-10-11-6(13)12(5)9/h1H,9H2,(H,11,13). The Morgan fingerprint density at radius 2 is 2.29 bits per heavy atom. The maximum atomic E-state index is 5.94. The summed E-state index contributed by atoms with van der Waals surface area (Å²) in [6.07, 6.45) is 0. The second-order valence-corrected chi connectivity index (χ2v) is 5.13. The van der Waals surface area contributed by atoms with Gasteiger partial charge in [0.15, 0.2) is 5.82 Å². The van der Waals surface area contributed by atoms with Crippen molar-refractivity contribution in [3.63, 3.8) is 0 Å². The third kappa shape index (κ3) is 1.54. The first-order chi connectivity index (χ1) is 6.59. The van der Waals surface area contributed by atoms with Crippen molar-refractivity contribution in [2.24, 2.45) is 0 Å². The van der Waals surface area contributed by atoms with E-state index in [-0.39, 0.29) is 0 Å². The van der Waals surface area contributed by atoms with Gasteiger partial charge in [0, 0.05) is 0 Å². The van der Waals surface area contributed by atoms with E-state index in [0.717, 1.165) is 0 Å². The second-order valence-electron chi connectivity index (χ2n) is 2.46. The number of halogens is 2. The highest BCUT2D eigenvalue weighted by Crippen LogP contribution is 2.36. The zero-order valence-corrected chi connectivity index (χ0v) is 9.77. The molecule has 0 amide bonds. The van der Waals surface area contributed by atoms with Gasteiger partial charge in [0.1, 0.15) is 4.34 Å². The van der Waals surface area contributed by atoms with Gasteiger partial charge < -0.3 is 5.84 Å². The van der Waals surface area contributed by atoms with Gasteiger partial charge in [-0.2, -0.15) is 5.10 Å². The van der Waals surface area contributed by atoms with E-state index in [1.165, 1.54) is 16.0 Å². The maximum absolute atomic E-state index is 5.94. The van der Waals surface area contributed by atoms with E-state index in [2.05, 4.69) is 10.2 Å². The summed E-state index contributed by atoms with van der Waals surface area (Å²) >= 11 is 17.9. The minimum Gasteiger partial charge on any atom is -0.335 e. The molecule has 0 radical (unpaired) electrons. The second kappa shape index (κ2) is 3.54. The summed E-state index contributed by atoms with van der Waals surface area (Å²) in [5, 5.41) is 6.51. The van der Waals surface area contributed by atoms with E-state index >= 15 is 0 Å². The van der Waals surface area contributed by atoms with Crippen LogP contribution < -0.4 is 5.84 Å². The molecule has 2 aromatic rings. The number of H-pyrrole nitrogens is 1. The number of aromatic amines is 1. The lowest BCUT2D eigenvalue weighted by Crippen LogP contribution is -2.09. The molecule has 14 heavy (non-hydrogen) atoms. The van der Waals surface area contributed by atoms with Gasteiger partial charge in [0.05, 0.1) is 9.90 Å². The van der Waals surface area contributed by atoms with Crippen LogP contribution in [0.5, 0.6) is 0 Å². The first-order valence-corrected chi connectivity index (χ1v) is 5.45. The highest BCUT2D eigenvalue weighted by atomic mass is 35.5. The van der Waals surface area contributed by atoms with Crippen LogP contribution in [0.3, 0.4) is 0 Å². The molecule has 74 valence electrons. The van der Waals surface area contributed by atoms with Crippen LogP contribution in [0, 0.1) is 4.77 Å². The van der Waals surface area contributed by atoms with Gasteiger partial charge >= 0.3 is 0 Å². The molecule has 0 atom stereocenters. The van der Waals surface area contributed by atoms with Crippen molar-refractivity contribution < 1.29 is 0 Å².